The Morgan fingerprint density at radius 3 is 2.52 bits per heavy atom. The molecule has 1 aromatic heterocycles. The summed E-state index contributed by atoms with van der Waals surface area (Å²) in [4.78, 5) is 15.5. The number of halogens is 2. The fraction of sp³-hybridized carbons (Fsp3) is 0.450. The maximum absolute atomic E-state index is 12.2. The molecule has 0 saturated heterocycles. The van der Waals surface area contributed by atoms with Crippen LogP contribution < -0.4 is 10.2 Å². The second-order valence-electron chi connectivity index (χ2n) is 6.23. The Morgan fingerprint density at radius 1 is 1.04 bits per heavy atom. The molecule has 2 aromatic rings. The zero-order valence-electron chi connectivity index (χ0n) is 14.8. The molecule has 0 atom stereocenters. The van der Waals surface area contributed by atoms with Gasteiger partial charge in [0.25, 0.3) is 0 Å². The number of hydrogen-bond donors (Lipinski definition) is 1. The van der Waals surface area contributed by atoms with E-state index in [0.29, 0.717) is 8.95 Å². The van der Waals surface area contributed by atoms with Gasteiger partial charge in [-0.25, -0.2) is 0 Å². The van der Waals surface area contributed by atoms with Crippen molar-refractivity contribution in [2.24, 2.45) is 0 Å². The van der Waals surface area contributed by atoms with Gasteiger partial charge in [-0.3, -0.25) is 4.79 Å². The van der Waals surface area contributed by atoms with Crippen molar-refractivity contribution in [3.63, 3.8) is 0 Å². The lowest BCUT2D eigenvalue weighted by Crippen LogP contribution is -2.09. The van der Waals surface area contributed by atoms with Crippen molar-refractivity contribution in [2.75, 3.05) is 6.61 Å². The summed E-state index contributed by atoms with van der Waals surface area (Å²) in [5.74, 6) is 0.833. The van der Waals surface area contributed by atoms with E-state index in [0.717, 1.165) is 35.7 Å². The third-order valence-corrected chi connectivity index (χ3v) is 5.86. The highest BCUT2D eigenvalue weighted by Gasteiger charge is 2.13. The van der Waals surface area contributed by atoms with Crippen molar-refractivity contribution in [1.82, 2.24) is 4.98 Å². The van der Waals surface area contributed by atoms with Gasteiger partial charge >= 0.3 is 0 Å². The molecule has 1 aromatic carbocycles. The van der Waals surface area contributed by atoms with Crippen molar-refractivity contribution in [3.8, 4) is 17.0 Å². The number of hydrogen-bond acceptors (Lipinski definition) is 2. The van der Waals surface area contributed by atoms with E-state index in [4.69, 9.17) is 4.74 Å². The number of nitrogens with one attached hydrogen (secondary N) is 1. The van der Waals surface area contributed by atoms with E-state index in [9.17, 15) is 4.79 Å². The van der Waals surface area contributed by atoms with Crippen LogP contribution in [0.2, 0.25) is 0 Å². The summed E-state index contributed by atoms with van der Waals surface area (Å²) >= 11 is 6.72. The summed E-state index contributed by atoms with van der Waals surface area (Å²) in [6, 6.07) is 7.85. The summed E-state index contributed by atoms with van der Waals surface area (Å²) in [6.07, 6.45) is 7.48. The number of H-pyrrole nitrogens is 1. The lowest BCUT2D eigenvalue weighted by Gasteiger charge is -2.11. The Labute approximate surface area is 166 Å². The van der Waals surface area contributed by atoms with E-state index < -0.39 is 0 Å². The zero-order chi connectivity index (χ0) is 18.2. The minimum absolute atomic E-state index is 0.0512. The monoisotopic (exact) mass is 469 g/mol. The summed E-state index contributed by atoms with van der Waals surface area (Å²) in [6.45, 7) is 4.83. The van der Waals surface area contributed by atoms with E-state index >= 15 is 0 Å². The molecule has 0 bridgehead atoms. The predicted molar refractivity (Wildman–Crippen MR) is 112 cm³/mol. The number of pyridine rings is 1. The molecule has 0 spiro atoms. The molecule has 0 amide bonds. The first kappa shape index (κ1) is 20.2. The fourth-order valence-corrected chi connectivity index (χ4v) is 3.78. The molecule has 136 valence electrons. The van der Waals surface area contributed by atoms with Gasteiger partial charge in [-0.1, -0.05) is 51.2 Å². The third-order valence-electron chi connectivity index (χ3n) is 4.15. The predicted octanol–water partition coefficient (Wildman–Crippen LogP) is 6.61. The van der Waals surface area contributed by atoms with Gasteiger partial charge in [-0.2, -0.15) is 0 Å². The highest BCUT2D eigenvalue weighted by atomic mass is 79.9. The average molecular weight is 471 g/mol. The third kappa shape index (κ3) is 5.71. The summed E-state index contributed by atoms with van der Waals surface area (Å²) in [5.41, 5.74) is 2.46. The van der Waals surface area contributed by atoms with Crippen molar-refractivity contribution in [3.05, 3.63) is 49.1 Å². The molecule has 2 rings (SSSR count). The molecule has 0 fully saturated rings. The second kappa shape index (κ2) is 10.2. The normalized spacial score (nSPS) is 10.9. The molecule has 0 radical (unpaired) electrons. The van der Waals surface area contributed by atoms with Crippen LogP contribution in [0.15, 0.2) is 38.0 Å². The van der Waals surface area contributed by atoms with E-state index in [-0.39, 0.29) is 5.43 Å². The summed E-state index contributed by atoms with van der Waals surface area (Å²) in [5, 5.41) is 0. The van der Waals surface area contributed by atoms with Crippen LogP contribution in [0.25, 0.3) is 11.3 Å². The topological polar surface area (TPSA) is 42.1 Å². The second-order valence-corrected chi connectivity index (χ2v) is 7.81. The molecular formula is C20H25Br2NO2. The SMILES string of the molecule is CCCCCCCCOc1cccc(-c2[nH]c(C)c(Br)c(=O)c2Br)c1. The lowest BCUT2D eigenvalue weighted by atomic mass is 10.1. The van der Waals surface area contributed by atoms with Crippen molar-refractivity contribution < 1.29 is 4.74 Å². The summed E-state index contributed by atoms with van der Waals surface area (Å²) < 4.78 is 6.96. The quantitative estimate of drug-likeness (QED) is 0.418. The zero-order valence-corrected chi connectivity index (χ0v) is 18.0. The number of benzene rings is 1. The van der Waals surface area contributed by atoms with Gasteiger partial charge in [0.2, 0.25) is 5.43 Å². The van der Waals surface area contributed by atoms with Crippen LogP contribution >= 0.6 is 31.9 Å². The standard InChI is InChI=1S/C20H25Br2NO2/c1-3-4-5-6-7-8-12-25-16-11-9-10-15(13-16)19-18(22)20(24)17(21)14(2)23-19/h9-11,13H,3-8,12H2,1-2H3,(H,23,24). The van der Waals surface area contributed by atoms with Gasteiger partial charge < -0.3 is 9.72 Å². The van der Waals surface area contributed by atoms with E-state index in [2.05, 4.69) is 43.8 Å². The molecule has 5 heteroatoms. The fourth-order valence-electron chi connectivity index (χ4n) is 2.69. The van der Waals surface area contributed by atoms with Gasteiger partial charge in [0.05, 0.1) is 21.2 Å². The van der Waals surface area contributed by atoms with Gasteiger partial charge in [0, 0.05) is 11.3 Å². The molecule has 0 aliphatic rings. The number of aromatic nitrogens is 1. The number of unbranched alkanes of at least 4 members (excludes halogenated alkanes) is 5. The highest BCUT2D eigenvalue weighted by Crippen LogP contribution is 2.29. The van der Waals surface area contributed by atoms with Crippen molar-refractivity contribution >= 4 is 31.9 Å². The Kier molecular flexibility index (Phi) is 8.24. The Morgan fingerprint density at radius 2 is 1.76 bits per heavy atom. The van der Waals surface area contributed by atoms with E-state index in [1.807, 2.05) is 31.2 Å². The van der Waals surface area contributed by atoms with E-state index in [1.54, 1.807) is 0 Å². The molecule has 1 N–H and O–H groups in total. The molecule has 25 heavy (non-hydrogen) atoms. The maximum atomic E-state index is 12.2. The van der Waals surface area contributed by atoms with Crippen molar-refractivity contribution in [1.29, 1.82) is 0 Å². The lowest BCUT2D eigenvalue weighted by molar-refractivity contribution is 0.304. The molecule has 0 unspecified atom stereocenters. The Balaban J connectivity index is 2.01. The number of ether oxygens (including phenoxy) is 1. The molecule has 0 saturated carbocycles. The first-order valence-electron chi connectivity index (χ1n) is 8.85. The Hall–Kier alpha value is -1.07. The van der Waals surface area contributed by atoms with Gasteiger partial charge in [0.1, 0.15) is 5.75 Å². The maximum Gasteiger partial charge on any atom is 0.210 e. The largest absolute Gasteiger partial charge is 0.494 e. The highest BCUT2D eigenvalue weighted by molar-refractivity contribution is 9.11. The van der Waals surface area contributed by atoms with Gasteiger partial charge in [-0.15, -0.1) is 0 Å². The molecule has 0 aliphatic carbocycles. The molecule has 0 aliphatic heterocycles. The average Bonchev–Trinajstić information content (AvgIpc) is 2.62. The number of aromatic amines is 1. The molecule has 1 heterocycles. The van der Waals surface area contributed by atoms with Crippen LogP contribution in [0.4, 0.5) is 0 Å². The Bertz CT molecular complexity index is 756. The number of rotatable bonds is 9. The first-order chi connectivity index (χ1) is 12.0. The van der Waals surface area contributed by atoms with E-state index in [1.165, 1.54) is 32.1 Å². The number of aryl methyl sites for hydroxylation is 1. The molecular weight excluding hydrogens is 446 g/mol. The van der Waals surface area contributed by atoms with Crippen LogP contribution in [0.1, 0.15) is 51.1 Å². The summed E-state index contributed by atoms with van der Waals surface area (Å²) in [7, 11) is 0. The van der Waals surface area contributed by atoms with Crippen LogP contribution in [-0.4, -0.2) is 11.6 Å². The first-order valence-corrected chi connectivity index (χ1v) is 10.4. The molecule has 3 nitrogen and oxygen atoms in total. The van der Waals surface area contributed by atoms with Crippen LogP contribution in [0.5, 0.6) is 5.75 Å². The van der Waals surface area contributed by atoms with Crippen LogP contribution in [-0.2, 0) is 0 Å². The van der Waals surface area contributed by atoms with Crippen LogP contribution in [0, 0.1) is 6.92 Å². The van der Waals surface area contributed by atoms with Crippen LogP contribution in [0.3, 0.4) is 0 Å². The van der Waals surface area contributed by atoms with Gasteiger partial charge in [-0.05, 0) is 57.3 Å². The van der Waals surface area contributed by atoms with Gasteiger partial charge in [0.15, 0.2) is 0 Å². The minimum Gasteiger partial charge on any atom is -0.494 e. The smallest absolute Gasteiger partial charge is 0.210 e. The van der Waals surface area contributed by atoms with Crippen molar-refractivity contribution in [2.45, 2.75) is 52.4 Å². The minimum atomic E-state index is -0.0512.